The molecule has 0 aromatic rings. The van der Waals surface area contributed by atoms with E-state index >= 15 is 0 Å². The van der Waals surface area contributed by atoms with Gasteiger partial charge in [-0.05, 0) is 6.92 Å². The molecule has 0 aliphatic carbocycles. The summed E-state index contributed by atoms with van der Waals surface area (Å²) in [4.78, 5) is 0. The Morgan fingerprint density at radius 1 is 1.83 bits per heavy atom. The highest BCUT2D eigenvalue weighted by atomic mass is 33.1. The zero-order valence-electron chi connectivity index (χ0n) is 3.72. The van der Waals surface area contributed by atoms with Crippen LogP contribution in [0.2, 0.25) is 0 Å². The molecule has 0 radical (unpaired) electrons. The van der Waals surface area contributed by atoms with Crippen molar-refractivity contribution in [3.8, 4) is 0 Å². The standard InChI is InChI=1S/C4H8S2/c1-2-3-4-6-5/h2-3,5H,4H2,1H3. The molecule has 0 aromatic carbocycles. The van der Waals surface area contributed by atoms with Crippen LogP contribution in [0.15, 0.2) is 12.2 Å². The van der Waals surface area contributed by atoms with Gasteiger partial charge in [-0.15, -0.1) is 11.7 Å². The first-order chi connectivity index (χ1) is 2.91. The van der Waals surface area contributed by atoms with Crippen LogP contribution in [0, 0.1) is 0 Å². The second-order valence-electron chi connectivity index (χ2n) is 0.865. The van der Waals surface area contributed by atoms with E-state index < -0.39 is 0 Å². The fourth-order valence-corrected chi connectivity index (χ4v) is 0.676. The second kappa shape index (κ2) is 5.44. The summed E-state index contributed by atoms with van der Waals surface area (Å²) in [5, 5.41) is 0. The smallest absolute Gasteiger partial charge is 0.0215 e. The van der Waals surface area contributed by atoms with Gasteiger partial charge in [-0.2, -0.15) is 0 Å². The van der Waals surface area contributed by atoms with Crippen molar-refractivity contribution in [2.75, 3.05) is 5.75 Å². The van der Waals surface area contributed by atoms with Crippen LogP contribution in [0.25, 0.3) is 0 Å². The fourth-order valence-electron chi connectivity index (χ4n) is 0.139. The zero-order chi connectivity index (χ0) is 4.83. The quantitative estimate of drug-likeness (QED) is 0.331. The summed E-state index contributed by atoms with van der Waals surface area (Å²) < 4.78 is 0. The maximum atomic E-state index is 3.92. The van der Waals surface area contributed by atoms with E-state index in [0.29, 0.717) is 0 Å². The van der Waals surface area contributed by atoms with Crippen molar-refractivity contribution in [1.29, 1.82) is 0 Å². The Morgan fingerprint density at radius 2 is 2.50 bits per heavy atom. The van der Waals surface area contributed by atoms with Crippen molar-refractivity contribution in [2.45, 2.75) is 6.92 Å². The Bertz CT molecular complexity index is 40.8. The van der Waals surface area contributed by atoms with Crippen LogP contribution in [-0.4, -0.2) is 5.75 Å². The van der Waals surface area contributed by atoms with Crippen molar-refractivity contribution in [3.05, 3.63) is 12.2 Å². The van der Waals surface area contributed by atoms with Crippen LogP contribution >= 0.6 is 22.5 Å². The molecule has 0 atom stereocenters. The lowest BCUT2D eigenvalue weighted by molar-refractivity contribution is 1.66. The highest BCUT2D eigenvalue weighted by Crippen LogP contribution is 2.02. The van der Waals surface area contributed by atoms with Crippen LogP contribution < -0.4 is 0 Å². The lowest BCUT2D eigenvalue weighted by Crippen LogP contribution is -1.56. The van der Waals surface area contributed by atoms with Gasteiger partial charge in [-0.25, -0.2) is 0 Å². The topological polar surface area (TPSA) is 0 Å². The Morgan fingerprint density at radius 3 is 2.67 bits per heavy atom. The van der Waals surface area contributed by atoms with Crippen LogP contribution in [0.5, 0.6) is 0 Å². The Hall–Kier alpha value is 0.440. The van der Waals surface area contributed by atoms with Crippen molar-refractivity contribution in [2.24, 2.45) is 0 Å². The molecule has 0 aliphatic rings. The van der Waals surface area contributed by atoms with Gasteiger partial charge in [0.2, 0.25) is 0 Å². The third-order valence-electron chi connectivity index (χ3n) is 0.406. The maximum absolute atomic E-state index is 3.92. The average Bonchev–Trinajstić information content (AvgIpc) is 1.61. The van der Waals surface area contributed by atoms with Crippen LogP contribution in [-0.2, 0) is 0 Å². The molecular weight excluding hydrogens is 112 g/mol. The van der Waals surface area contributed by atoms with Gasteiger partial charge in [0, 0.05) is 5.75 Å². The summed E-state index contributed by atoms with van der Waals surface area (Å²) in [7, 11) is 1.53. The normalized spacial score (nSPS) is 10.3. The van der Waals surface area contributed by atoms with Gasteiger partial charge in [-0.3, -0.25) is 0 Å². The minimum absolute atomic E-state index is 1.01. The molecule has 0 amide bonds. The molecule has 0 spiro atoms. The molecule has 0 nitrogen and oxygen atoms in total. The third kappa shape index (κ3) is 4.44. The lowest BCUT2D eigenvalue weighted by atomic mass is 10.6. The number of hydrogen-bond acceptors (Lipinski definition) is 2. The predicted molar refractivity (Wildman–Crippen MR) is 36.3 cm³/mol. The number of thiol groups is 1. The minimum atomic E-state index is 1.01. The molecule has 36 valence electrons. The summed E-state index contributed by atoms with van der Waals surface area (Å²) in [5.74, 6) is 1.01. The van der Waals surface area contributed by atoms with Gasteiger partial charge in [0.1, 0.15) is 0 Å². The van der Waals surface area contributed by atoms with E-state index in [1.807, 2.05) is 13.0 Å². The third-order valence-corrected chi connectivity index (χ3v) is 1.20. The van der Waals surface area contributed by atoms with E-state index in [1.54, 1.807) is 0 Å². The number of rotatable bonds is 2. The lowest BCUT2D eigenvalue weighted by Gasteiger charge is -1.75. The molecule has 0 N–H and O–H groups in total. The molecule has 2 heteroatoms. The molecule has 0 aromatic heterocycles. The zero-order valence-corrected chi connectivity index (χ0v) is 5.43. The van der Waals surface area contributed by atoms with Gasteiger partial charge in [0.15, 0.2) is 0 Å². The molecular formula is C4H8S2. The van der Waals surface area contributed by atoms with Crippen LogP contribution in [0.1, 0.15) is 6.92 Å². The first-order valence-electron chi connectivity index (χ1n) is 1.79. The Balaban J connectivity index is 2.66. The predicted octanol–water partition coefficient (Wildman–Crippen LogP) is 2.14. The number of hydrogen-bond donors (Lipinski definition) is 1. The maximum Gasteiger partial charge on any atom is 0.0215 e. The van der Waals surface area contributed by atoms with Gasteiger partial charge >= 0.3 is 0 Å². The largest absolute Gasteiger partial charge is 0.111 e. The summed E-state index contributed by atoms with van der Waals surface area (Å²) in [5.41, 5.74) is 0. The monoisotopic (exact) mass is 120 g/mol. The molecule has 0 fully saturated rings. The highest BCUT2D eigenvalue weighted by Gasteiger charge is 1.65. The van der Waals surface area contributed by atoms with Gasteiger partial charge in [0.05, 0.1) is 0 Å². The molecule has 0 bridgehead atoms. The molecule has 0 heterocycles. The van der Waals surface area contributed by atoms with Crippen molar-refractivity contribution in [1.82, 2.24) is 0 Å². The molecule has 6 heavy (non-hydrogen) atoms. The summed E-state index contributed by atoms with van der Waals surface area (Å²) in [6, 6.07) is 0. The van der Waals surface area contributed by atoms with E-state index in [4.69, 9.17) is 0 Å². The molecule has 0 aliphatic heterocycles. The van der Waals surface area contributed by atoms with Gasteiger partial charge in [-0.1, -0.05) is 22.9 Å². The van der Waals surface area contributed by atoms with Crippen molar-refractivity contribution >= 4 is 22.5 Å². The van der Waals surface area contributed by atoms with Crippen LogP contribution in [0.4, 0.5) is 0 Å². The fraction of sp³-hybridized carbons (Fsp3) is 0.500. The van der Waals surface area contributed by atoms with Crippen molar-refractivity contribution < 1.29 is 0 Å². The van der Waals surface area contributed by atoms with Gasteiger partial charge in [0.25, 0.3) is 0 Å². The van der Waals surface area contributed by atoms with Crippen molar-refractivity contribution in [3.63, 3.8) is 0 Å². The van der Waals surface area contributed by atoms with E-state index in [1.165, 1.54) is 10.8 Å². The Labute approximate surface area is 47.8 Å². The molecule has 0 unspecified atom stereocenters. The SMILES string of the molecule is CC=CCSS. The molecule has 0 saturated carbocycles. The summed E-state index contributed by atoms with van der Waals surface area (Å²) >= 11 is 3.92. The number of allylic oxidation sites excluding steroid dienone is 1. The summed E-state index contributed by atoms with van der Waals surface area (Å²) in [6.07, 6.45) is 4.08. The van der Waals surface area contributed by atoms with Crippen LogP contribution in [0.3, 0.4) is 0 Å². The van der Waals surface area contributed by atoms with E-state index in [0.717, 1.165) is 5.75 Å². The Kier molecular flexibility index (Phi) is 5.84. The summed E-state index contributed by atoms with van der Waals surface area (Å²) in [6.45, 7) is 2.00. The minimum Gasteiger partial charge on any atom is -0.111 e. The second-order valence-corrected chi connectivity index (χ2v) is 2.23. The van der Waals surface area contributed by atoms with E-state index in [-0.39, 0.29) is 0 Å². The average molecular weight is 120 g/mol. The van der Waals surface area contributed by atoms with E-state index in [9.17, 15) is 0 Å². The van der Waals surface area contributed by atoms with Gasteiger partial charge < -0.3 is 0 Å². The first-order valence-corrected chi connectivity index (χ1v) is 3.83. The van der Waals surface area contributed by atoms with E-state index in [2.05, 4.69) is 17.7 Å². The molecule has 0 saturated heterocycles. The molecule has 0 rings (SSSR count). The highest BCUT2D eigenvalue weighted by molar-refractivity contribution is 8.68. The first kappa shape index (κ1) is 6.44.